The summed E-state index contributed by atoms with van der Waals surface area (Å²) in [4.78, 5) is 22.3. The number of hydrogen-bond acceptors (Lipinski definition) is 4. The van der Waals surface area contributed by atoms with Crippen molar-refractivity contribution in [3.05, 3.63) is 0 Å². The predicted octanol–water partition coefficient (Wildman–Crippen LogP) is 5.39. The smallest absolute Gasteiger partial charge is 0.305 e. The minimum atomic E-state index is -0.0741. The maximum absolute atomic E-state index is 11.1. The Labute approximate surface area is 236 Å². The van der Waals surface area contributed by atoms with Crippen molar-refractivity contribution in [1.29, 1.82) is 0 Å². The molecule has 222 valence electrons. The SMILES string of the molecule is CCCCCC[N+](C)(CCCCCCCCCCC(=O)OC)CCCCCCCCCCC(=O)OC.[Cl-]. The summed E-state index contributed by atoms with van der Waals surface area (Å²) in [5.74, 6) is -0.148. The van der Waals surface area contributed by atoms with Gasteiger partial charge in [-0.3, -0.25) is 9.59 Å². The molecule has 0 saturated carbocycles. The van der Waals surface area contributed by atoms with E-state index in [0.29, 0.717) is 12.8 Å². The van der Waals surface area contributed by atoms with E-state index < -0.39 is 0 Å². The van der Waals surface area contributed by atoms with Gasteiger partial charge in [-0.15, -0.1) is 0 Å². The zero-order chi connectivity index (χ0) is 26.7. The number of esters is 2. The van der Waals surface area contributed by atoms with Gasteiger partial charge < -0.3 is 26.4 Å². The minimum Gasteiger partial charge on any atom is -1.00 e. The summed E-state index contributed by atoms with van der Waals surface area (Å²) in [7, 11) is 5.45. The average molecular weight is 548 g/mol. The molecule has 0 heterocycles. The zero-order valence-electron chi connectivity index (χ0n) is 25.1. The topological polar surface area (TPSA) is 52.6 Å². The lowest BCUT2D eigenvalue weighted by Gasteiger charge is -2.35. The third-order valence-electron chi connectivity index (χ3n) is 7.66. The van der Waals surface area contributed by atoms with Crippen LogP contribution in [0.15, 0.2) is 0 Å². The molecule has 0 saturated heterocycles. The van der Waals surface area contributed by atoms with Crippen LogP contribution in [0, 0.1) is 0 Å². The van der Waals surface area contributed by atoms with E-state index in [1.165, 1.54) is 141 Å². The summed E-state index contributed by atoms with van der Waals surface area (Å²) in [6, 6.07) is 0. The summed E-state index contributed by atoms with van der Waals surface area (Å²) >= 11 is 0. The molecule has 0 fully saturated rings. The summed E-state index contributed by atoms with van der Waals surface area (Å²) in [5.41, 5.74) is 0. The molecule has 0 radical (unpaired) electrons. The second-order valence-corrected chi connectivity index (χ2v) is 11.2. The molecule has 0 aromatic carbocycles. The van der Waals surface area contributed by atoms with Crippen LogP contribution in [0.3, 0.4) is 0 Å². The van der Waals surface area contributed by atoms with Crippen molar-refractivity contribution in [2.45, 2.75) is 148 Å². The molecular weight excluding hydrogens is 486 g/mol. The fourth-order valence-corrected chi connectivity index (χ4v) is 5.11. The molecule has 0 aliphatic carbocycles. The van der Waals surface area contributed by atoms with Crippen molar-refractivity contribution in [2.24, 2.45) is 0 Å². The van der Waals surface area contributed by atoms with E-state index in [4.69, 9.17) is 9.47 Å². The van der Waals surface area contributed by atoms with Gasteiger partial charge in [-0.2, -0.15) is 0 Å². The first kappa shape index (κ1) is 38.3. The van der Waals surface area contributed by atoms with E-state index in [2.05, 4.69) is 14.0 Å². The van der Waals surface area contributed by atoms with Crippen LogP contribution >= 0.6 is 0 Å². The largest absolute Gasteiger partial charge is 1.00 e. The van der Waals surface area contributed by atoms with Crippen LogP contribution < -0.4 is 12.4 Å². The molecule has 0 rings (SSSR count). The fraction of sp³-hybridized carbons (Fsp3) is 0.935. The van der Waals surface area contributed by atoms with E-state index in [0.717, 1.165) is 25.7 Å². The zero-order valence-corrected chi connectivity index (χ0v) is 25.9. The van der Waals surface area contributed by atoms with Gasteiger partial charge in [0.1, 0.15) is 0 Å². The molecule has 0 aromatic heterocycles. The Hall–Kier alpha value is -0.810. The van der Waals surface area contributed by atoms with Gasteiger partial charge in [0.2, 0.25) is 0 Å². The Bertz CT molecular complexity index is 479. The van der Waals surface area contributed by atoms with Crippen molar-refractivity contribution in [3.8, 4) is 0 Å². The Morgan fingerprint density at radius 3 is 1.05 bits per heavy atom. The molecule has 37 heavy (non-hydrogen) atoms. The van der Waals surface area contributed by atoms with Gasteiger partial charge in [0.25, 0.3) is 0 Å². The minimum absolute atomic E-state index is 0. The Morgan fingerprint density at radius 2 is 0.757 bits per heavy atom. The summed E-state index contributed by atoms with van der Waals surface area (Å²) in [6.45, 7) is 6.32. The Balaban J connectivity index is 0. The molecule has 0 unspecified atom stereocenters. The lowest BCUT2D eigenvalue weighted by Crippen LogP contribution is -3.00. The number of quaternary nitrogens is 1. The highest BCUT2D eigenvalue weighted by molar-refractivity contribution is 5.69. The van der Waals surface area contributed by atoms with Crippen molar-refractivity contribution in [2.75, 3.05) is 40.9 Å². The summed E-state index contributed by atoms with van der Waals surface area (Å²) in [6.07, 6.45) is 26.7. The molecular formula is C31H62ClNO4. The maximum atomic E-state index is 11.1. The van der Waals surface area contributed by atoms with Crippen LogP contribution in [0.4, 0.5) is 0 Å². The monoisotopic (exact) mass is 547 g/mol. The molecule has 0 spiro atoms. The first-order valence-electron chi connectivity index (χ1n) is 15.4. The van der Waals surface area contributed by atoms with E-state index >= 15 is 0 Å². The first-order valence-corrected chi connectivity index (χ1v) is 15.4. The number of halogens is 1. The molecule has 0 amide bonds. The second kappa shape index (κ2) is 28.2. The third kappa shape index (κ3) is 26.6. The summed E-state index contributed by atoms with van der Waals surface area (Å²) in [5, 5.41) is 0. The van der Waals surface area contributed by atoms with Crippen LogP contribution in [0.25, 0.3) is 0 Å². The van der Waals surface area contributed by atoms with Crippen LogP contribution in [-0.4, -0.2) is 57.3 Å². The van der Waals surface area contributed by atoms with Gasteiger partial charge in [-0.25, -0.2) is 0 Å². The number of carbonyl (C=O) groups excluding carboxylic acids is 2. The lowest BCUT2D eigenvalue weighted by atomic mass is 10.1. The number of unbranched alkanes of at least 4 members (excludes halogenated alkanes) is 17. The van der Waals surface area contributed by atoms with E-state index in [9.17, 15) is 9.59 Å². The third-order valence-corrected chi connectivity index (χ3v) is 7.66. The van der Waals surface area contributed by atoms with Crippen LogP contribution in [0.1, 0.15) is 148 Å². The molecule has 0 N–H and O–H groups in total. The van der Waals surface area contributed by atoms with Crippen molar-refractivity contribution >= 4 is 11.9 Å². The molecule has 0 aliphatic rings. The normalized spacial score (nSPS) is 11.2. The van der Waals surface area contributed by atoms with Crippen molar-refractivity contribution < 1.29 is 36.0 Å². The van der Waals surface area contributed by atoms with Gasteiger partial charge in [-0.05, 0) is 51.4 Å². The van der Waals surface area contributed by atoms with Gasteiger partial charge in [0.05, 0.1) is 40.9 Å². The number of ether oxygens (including phenoxy) is 2. The standard InChI is InChI=1S/C31H62NO4.ClH/c1-5-6-7-22-27-32(2,28-23-18-14-10-8-12-16-20-25-30(33)35-3)29-24-19-15-11-9-13-17-21-26-31(34)36-4;/h5-29H2,1-4H3;1H/q+1;/p-1. The maximum Gasteiger partial charge on any atom is 0.305 e. The van der Waals surface area contributed by atoms with Gasteiger partial charge >= 0.3 is 11.9 Å². The molecule has 0 atom stereocenters. The average Bonchev–Trinajstić information content (AvgIpc) is 2.88. The number of methoxy groups -OCH3 is 2. The second-order valence-electron chi connectivity index (χ2n) is 11.2. The Morgan fingerprint density at radius 1 is 0.486 bits per heavy atom. The molecule has 0 bridgehead atoms. The highest BCUT2D eigenvalue weighted by Gasteiger charge is 2.20. The van der Waals surface area contributed by atoms with Crippen LogP contribution in [0.2, 0.25) is 0 Å². The number of rotatable bonds is 27. The van der Waals surface area contributed by atoms with E-state index in [1.54, 1.807) is 0 Å². The molecule has 6 heteroatoms. The number of hydrogen-bond donors (Lipinski definition) is 0. The van der Waals surface area contributed by atoms with Crippen LogP contribution in [0.5, 0.6) is 0 Å². The molecule has 0 aromatic rings. The highest BCUT2D eigenvalue weighted by atomic mass is 35.5. The quantitative estimate of drug-likeness (QED) is 0.0786. The molecule has 5 nitrogen and oxygen atoms in total. The molecule has 0 aliphatic heterocycles. The lowest BCUT2D eigenvalue weighted by molar-refractivity contribution is -0.910. The number of nitrogens with zero attached hydrogens (tertiary/aromatic N) is 1. The summed E-state index contributed by atoms with van der Waals surface area (Å²) < 4.78 is 10.7. The van der Waals surface area contributed by atoms with Gasteiger partial charge in [0, 0.05) is 12.8 Å². The first-order chi connectivity index (χ1) is 17.5. The van der Waals surface area contributed by atoms with E-state index in [-0.39, 0.29) is 24.3 Å². The predicted molar refractivity (Wildman–Crippen MR) is 152 cm³/mol. The van der Waals surface area contributed by atoms with Crippen molar-refractivity contribution in [3.63, 3.8) is 0 Å². The Kier molecular flexibility index (Phi) is 29.2. The van der Waals surface area contributed by atoms with Crippen molar-refractivity contribution in [1.82, 2.24) is 0 Å². The van der Waals surface area contributed by atoms with Gasteiger partial charge in [0.15, 0.2) is 0 Å². The van der Waals surface area contributed by atoms with Gasteiger partial charge in [-0.1, -0.05) is 84.0 Å². The highest BCUT2D eigenvalue weighted by Crippen LogP contribution is 2.17. The van der Waals surface area contributed by atoms with E-state index in [1.807, 2.05) is 0 Å². The fourth-order valence-electron chi connectivity index (χ4n) is 5.11. The van der Waals surface area contributed by atoms with Crippen LogP contribution in [-0.2, 0) is 19.1 Å². The number of carbonyl (C=O) groups is 2.